The van der Waals surface area contributed by atoms with Crippen molar-refractivity contribution in [3.8, 4) is 5.69 Å². The van der Waals surface area contributed by atoms with Gasteiger partial charge in [0.25, 0.3) is 0 Å². The smallest absolute Gasteiger partial charge is 0.343 e. The van der Waals surface area contributed by atoms with Crippen molar-refractivity contribution in [1.82, 2.24) is 9.78 Å². The van der Waals surface area contributed by atoms with Crippen LogP contribution in [-0.2, 0) is 4.74 Å². The molecule has 0 amide bonds. The van der Waals surface area contributed by atoms with Crippen molar-refractivity contribution in [2.75, 3.05) is 12.3 Å². The number of nitrogens with zero attached hydrogens (tertiary/aromatic N) is 2. The second kappa shape index (κ2) is 5.43. The number of hydrogen-bond acceptors (Lipinski definition) is 5. The molecule has 0 atom stereocenters. The van der Waals surface area contributed by atoms with Gasteiger partial charge in [-0.3, -0.25) is 0 Å². The Hall–Kier alpha value is -2.83. The van der Waals surface area contributed by atoms with Crippen LogP contribution in [0.4, 0.5) is 5.82 Å². The molecule has 0 aliphatic carbocycles. The van der Waals surface area contributed by atoms with Crippen molar-refractivity contribution in [1.29, 1.82) is 0 Å². The van der Waals surface area contributed by atoms with Crippen molar-refractivity contribution in [2.45, 2.75) is 6.92 Å². The summed E-state index contributed by atoms with van der Waals surface area (Å²) in [6.45, 7) is 1.94. The number of carbonyl (C=O) groups is 2. The molecule has 0 bridgehead atoms. The number of nitrogens with two attached hydrogens (primary N) is 1. The minimum atomic E-state index is -1.02. The van der Waals surface area contributed by atoms with Gasteiger partial charge in [-0.2, -0.15) is 5.10 Å². The highest BCUT2D eigenvalue weighted by molar-refractivity contribution is 5.94. The van der Waals surface area contributed by atoms with Crippen LogP contribution in [0.1, 0.15) is 27.6 Å². The molecule has 0 spiro atoms. The number of benzene rings is 1. The molecule has 1 heterocycles. The van der Waals surface area contributed by atoms with Gasteiger partial charge in [0.1, 0.15) is 11.4 Å². The fourth-order valence-corrected chi connectivity index (χ4v) is 1.67. The summed E-state index contributed by atoms with van der Waals surface area (Å²) >= 11 is 0. The lowest BCUT2D eigenvalue weighted by Crippen LogP contribution is -2.09. The lowest BCUT2D eigenvalue weighted by molar-refractivity contribution is 0.0527. The second-order valence-corrected chi connectivity index (χ2v) is 3.93. The van der Waals surface area contributed by atoms with Gasteiger partial charge in [-0.1, -0.05) is 0 Å². The van der Waals surface area contributed by atoms with Crippen LogP contribution in [0, 0.1) is 0 Å². The van der Waals surface area contributed by atoms with Gasteiger partial charge >= 0.3 is 11.9 Å². The van der Waals surface area contributed by atoms with E-state index in [2.05, 4.69) is 5.10 Å². The van der Waals surface area contributed by atoms with Crippen LogP contribution in [0.3, 0.4) is 0 Å². The number of hydrogen-bond donors (Lipinski definition) is 2. The normalized spacial score (nSPS) is 10.2. The topological polar surface area (TPSA) is 107 Å². The van der Waals surface area contributed by atoms with Gasteiger partial charge in [0, 0.05) is 0 Å². The first kappa shape index (κ1) is 13.6. The highest BCUT2D eigenvalue weighted by Crippen LogP contribution is 2.18. The molecular formula is C13H13N3O4. The Balaban J connectivity index is 2.34. The van der Waals surface area contributed by atoms with Crippen molar-refractivity contribution in [3.05, 3.63) is 41.6 Å². The van der Waals surface area contributed by atoms with E-state index >= 15 is 0 Å². The number of ether oxygens (including phenoxy) is 1. The zero-order valence-electron chi connectivity index (χ0n) is 10.7. The van der Waals surface area contributed by atoms with Crippen LogP contribution >= 0.6 is 0 Å². The number of aromatic carboxylic acids is 1. The molecule has 20 heavy (non-hydrogen) atoms. The zero-order chi connectivity index (χ0) is 14.7. The third kappa shape index (κ3) is 2.46. The Morgan fingerprint density at radius 3 is 2.55 bits per heavy atom. The average molecular weight is 275 g/mol. The third-order valence-electron chi connectivity index (χ3n) is 2.66. The lowest BCUT2D eigenvalue weighted by atomic mass is 10.2. The van der Waals surface area contributed by atoms with Crippen molar-refractivity contribution in [2.24, 2.45) is 0 Å². The third-order valence-corrected chi connectivity index (χ3v) is 2.66. The van der Waals surface area contributed by atoms with Crippen LogP contribution in [0.25, 0.3) is 5.69 Å². The molecule has 104 valence electrons. The molecule has 0 radical (unpaired) electrons. The van der Waals surface area contributed by atoms with Gasteiger partial charge in [0.15, 0.2) is 0 Å². The Morgan fingerprint density at radius 2 is 2.00 bits per heavy atom. The van der Waals surface area contributed by atoms with E-state index in [-0.39, 0.29) is 23.6 Å². The van der Waals surface area contributed by atoms with E-state index in [1.807, 2.05) is 0 Å². The van der Waals surface area contributed by atoms with E-state index in [0.29, 0.717) is 5.69 Å². The van der Waals surface area contributed by atoms with Crippen LogP contribution in [0.5, 0.6) is 0 Å². The number of esters is 1. The fourth-order valence-electron chi connectivity index (χ4n) is 1.67. The molecule has 0 unspecified atom stereocenters. The monoisotopic (exact) mass is 275 g/mol. The number of carboxylic acid groups (broad SMARTS) is 1. The van der Waals surface area contributed by atoms with E-state index in [1.165, 1.54) is 23.0 Å². The molecule has 2 aromatic rings. The molecule has 7 nitrogen and oxygen atoms in total. The van der Waals surface area contributed by atoms with Crippen LogP contribution in [0.15, 0.2) is 30.5 Å². The molecule has 0 aliphatic heterocycles. The molecule has 1 aromatic heterocycles. The van der Waals surface area contributed by atoms with Gasteiger partial charge in [0.2, 0.25) is 0 Å². The molecule has 0 fully saturated rings. The molecule has 1 aromatic carbocycles. The van der Waals surface area contributed by atoms with Gasteiger partial charge < -0.3 is 15.6 Å². The summed E-state index contributed by atoms with van der Waals surface area (Å²) in [6.07, 6.45) is 1.32. The average Bonchev–Trinajstić information content (AvgIpc) is 2.81. The minimum Gasteiger partial charge on any atom is -0.478 e. The van der Waals surface area contributed by atoms with Crippen LogP contribution in [-0.4, -0.2) is 33.4 Å². The minimum absolute atomic E-state index is 0.145. The first-order valence-electron chi connectivity index (χ1n) is 5.89. The quantitative estimate of drug-likeness (QED) is 0.815. The summed E-state index contributed by atoms with van der Waals surface area (Å²) in [4.78, 5) is 22.4. The number of anilines is 1. The molecule has 0 saturated carbocycles. The summed E-state index contributed by atoms with van der Waals surface area (Å²) in [5, 5.41) is 12.8. The molecule has 0 saturated heterocycles. The summed E-state index contributed by atoms with van der Waals surface area (Å²) in [5.41, 5.74) is 6.74. The summed E-state index contributed by atoms with van der Waals surface area (Å²) < 4.78 is 6.20. The SMILES string of the molecule is CCOC(=O)c1cnn(-c2ccc(C(=O)O)cc2)c1N. The number of carboxylic acids is 1. The first-order valence-corrected chi connectivity index (χ1v) is 5.89. The molecule has 3 N–H and O–H groups in total. The Kier molecular flexibility index (Phi) is 3.69. The maximum atomic E-state index is 11.6. The standard InChI is InChI=1S/C13H13N3O4/c1-2-20-13(19)10-7-15-16(11(10)14)9-5-3-8(4-6-9)12(17)18/h3-7H,2,14H2,1H3,(H,17,18). The van der Waals surface area contributed by atoms with Gasteiger partial charge in [-0.15, -0.1) is 0 Å². The molecule has 2 rings (SSSR count). The van der Waals surface area contributed by atoms with E-state index in [4.69, 9.17) is 15.6 Å². The lowest BCUT2D eigenvalue weighted by Gasteiger charge is -2.05. The zero-order valence-corrected chi connectivity index (χ0v) is 10.7. The molecule has 7 heteroatoms. The van der Waals surface area contributed by atoms with E-state index < -0.39 is 11.9 Å². The van der Waals surface area contributed by atoms with E-state index in [1.54, 1.807) is 19.1 Å². The molecule has 0 aliphatic rings. The summed E-state index contributed by atoms with van der Waals surface area (Å²) in [7, 11) is 0. The van der Waals surface area contributed by atoms with Crippen molar-refractivity contribution < 1.29 is 19.4 Å². The second-order valence-electron chi connectivity index (χ2n) is 3.93. The number of carbonyl (C=O) groups excluding carboxylic acids is 1. The maximum Gasteiger partial charge on any atom is 0.343 e. The number of aromatic nitrogens is 2. The van der Waals surface area contributed by atoms with E-state index in [9.17, 15) is 9.59 Å². The van der Waals surface area contributed by atoms with Gasteiger partial charge in [0.05, 0.1) is 24.1 Å². The van der Waals surface area contributed by atoms with Crippen LogP contribution in [0.2, 0.25) is 0 Å². The summed E-state index contributed by atoms with van der Waals surface area (Å²) in [6, 6.07) is 5.98. The number of nitrogen functional groups attached to an aromatic ring is 1. The first-order chi connectivity index (χ1) is 9.54. The fraction of sp³-hybridized carbons (Fsp3) is 0.154. The van der Waals surface area contributed by atoms with Gasteiger partial charge in [-0.25, -0.2) is 14.3 Å². The van der Waals surface area contributed by atoms with E-state index in [0.717, 1.165) is 0 Å². The Morgan fingerprint density at radius 1 is 1.35 bits per heavy atom. The van der Waals surface area contributed by atoms with Crippen molar-refractivity contribution in [3.63, 3.8) is 0 Å². The maximum absolute atomic E-state index is 11.6. The molecular weight excluding hydrogens is 262 g/mol. The van der Waals surface area contributed by atoms with Crippen molar-refractivity contribution >= 4 is 17.8 Å². The van der Waals surface area contributed by atoms with Crippen LogP contribution < -0.4 is 5.73 Å². The predicted molar refractivity (Wildman–Crippen MR) is 70.9 cm³/mol. The number of rotatable bonds is 4. The largest absolute Gasteiger partial charge is 0.478 e. The highest BCUT2D eigenvalue weighted by atomic mass is 16.5. The summed E-state index contributed by atoms with van der Waals surface area (Å²) in [5.74, 6) is -1.41. The highest BCUT2D eigenvalue weighted by Gasteiger charge is 2.17. The Labute approximate surface area is 114 Å². The predicted octanol–water partition coefficient (Wildman–Crippen LogP) is 1.33. The Bertz CT molecular complexity index is 646. The van der Waals surface area contributed by atoms with Gasteiger partial charge in [-0.05, 0) is 31.2 Å².